The molecule has 3 aliphatic heterocycles. The third kappa shape index (κ3) is 3.93. The second-order valence-corrected chi connectivity index (χ2v) is 8.09. The molecule has 3 rings (SSSR count). The Balaban J connectivity index is 1.52. The Labute approximate surface area is 131 Å². The molecule has 0 bridgehead atoms. The smallest absolute Gasteiger partial charge is 0.303 e. The minimum Gasteiger partial charge on any atom is -0.481 e. The average Bonchev–Trinajstić information content (AvgIpc) is 2.48. The fourth-order valence-corrected chi connectivity index (χ4v) is 5.41. The number of rotatable bonds is 3. The highest BCUT2D eigenvalue weighted by Crippen LogP contribution is 2.39. The Bertz CT molecular complexity index is 357. The Morgan fingerprint density at radius 3 is 2.62 bits per heavy atom. The average molecular weight is 313 g/mol. The first-order valence-electron chi connectivity index (χ1n) is 8.34. The van der Waals surface area contributed by atoms with Gasteiger partial charge in [0.1, 0.15) is 0 Å². The predicted molar refractivity (Wildman–Crippen MR) is 84.8 cm³/mol. The van der Waals surface area contributed by atoms with Crippen LogP contribution in [0.2, 0.25) is 0 Å². The van der Waals surface area contributed by atoms with Crippen molar-refractivity contribution in [1.29, 1.82) is 0 Å². The summed E-state index contributed by atoms with van der Waals surface area (Å²) in [7, 11) is 0. The van der Waals surface area contributed by atoms with E-state index in [4.69, 9.17) is 9.84 Å². The van der Waals surface area contributed by atoms with Crippen LogP contribution in [0.4, 0.5) is 0 Å². The van der Waals surface area contributed by atoms with E-state index in [9.17, 15) is 4.79 Å². The summed E-state index contributed by atoms with van der Waals surface area (Å²) in [6, 6.07) is 0.660. The molecule has 1 spiro atoms. The summed E-state index contributed by atoms with van der Waals surface area (Å²) < 4.78 is 6.18. The van der Waals surface area contributed by atoms with Crippen LogP contribution in [0.1, 0.15) is 44.9 Å². The predicted octanol–water partition coefficient (Wildman–Crippen LogP) is 2.62. The molecule has 0 amide bonds. The van der Waals surface area contributed by atoms with E-state index in [2.05, 4.69) is 16.7 Å². The van der Waals surface area contributed by atoms with Gasteiger partial charge in [-0.1, -0.05) is 0 Å². The summed E-state index contributed by atoms with van der Waals surface area (Å²) in [6.07, 6.45) is 7.21. The van der Waals surface area contributed by atoms with Gasteiger partial charge in [0, 0.05) is 19.1 Å². The van der Waals surface area contributed by atoms with Gasteiger partial charge in [-0.15, -0.1) is 0 Å². The van der Waals surface area contributed by atoms with E-state index in [0.29, 0.717) is 18.4 Å². The molecule has 4 nitrogen and oxygen atoms in total. The van der Waals surface area contributed by atoms with Crippen LogP contribution in [0.25, 0.3) is 0 Å². The lowest BCUT2D eigenvalue weighted by molar-refractivity contribution is -0.138. The fraction of sp³-hybridized carbons (Fsp3) is 0.938. The number of carboxylic acid groups (broad SMARTS) is 1. The van der Waals surface area contributed by atoms with Crippen molar-refractivity contribution in [2.24, 2.45) is 5.92 Å². The van der Waals surface area contributed by atoms with Gasteiger partial charge in [0.05, 0.1) is 5.60 Å². The minimum atomic E-state index is -0.641. The summed E-state index contributed by atoms with van der Waals surface area (Å²) in [4.78, 5) is 13.4. The quantitative estimate of drug-likeness (QED) is 0.868. The number of piperidine rings is 1. The number of carbonyl (C=O) groups is 1. The molecule has 3 heterocycles. The molecule has 0 aliphatic carbocycles. The number of aliphatic carboxylic acids is 1. The molecule has 3 fully saturated rings. The highest BCUT2D eigenvalue weighted by atomic mass is 32.2. The van der Waals surface area contributed by atoms with Crippen molar-refractivity contribution in [3.8, 4) is 0 Å². The molecule has 0 aromatic heterocycles. The van der Waals surface area contributed by atoms with E-state index in [-0.39, 0.29) is 5.60 Å². The number of carboxylic acids is 1. The number of thioether (sulfide) groups is 1. The van der Waals surface area contributed by atoms with Crippen LogP contribution < -0.4 is 0 Å². The number of nitrogens with zero attached hydrogens (tertiary/aromatic N) is 1. The molecular weight excluding hydrogens is 286 g/mol. The third-order valence-corrected chi connectivity index (χ3v) is 6.49. The molecule has 5 heteroatoms. The molecule has 21 heavy (non-hydrogen) atoms. The van der Waals surface area contributed by atoms with E-state index in [0.717, 1.165) is 39.0 Å². The highest BCUT2D eigenvalue weighted by Gasteiger charge is 2.41. The molecule has 0 saturated carbocycles. The summed E-state index contributed by atoms with van der Waals surface area (Å²) in [5.74, 6) is 2.23. The van der Waals surface area contributed by atoms with Gasteiger partial charge in [-0.25, -0.2) is 0 Å². The molecule has 0 aromatic rings. The van der Waals surface area contributed by atoms with Crippen LogP contribution in [0, 0.1) is 5.92 Å². The van der Waals surface area contributed by atoms with E-state index >= 15 is 0 Å². The second kappa shape index (κ2) is 6.88. The summed E-state index contributed by atoms with van der Waals surface area (Å²) in [6.45, 7) is 3.06. The van der Waals surface area contributed by atoms with Gasteiger partial charge < -0.3 is 14.7 Å². The molecule has 3 aliphatic rings. The zero-order chi connectivity index (χ0) is 14.7. The van der Waals surface area contributed by atoms with Gasteiger partial charge in [0.15, 0.2) is 0 Å². The fourth-order valence-electron chi connectivity index (χ4n) is 4.17. The Morgan fingerprint density at radius 1 is 1.24 bits per heavy atom. The van der Waals surface area contributed by atoms with Gasteiger partial charge in [-0.05, 0) is 69.0 Å². The molecule has 1 N–H and O–H groups in total. The molecule has 0 radical (unpaired) electrons. The van der Waals surface area contributed by atoms with E-state index in [1.54, 1.807) is 0 Å². The lowest BCUT2D eigenvalue weighted by Gasteiger charge is -2.47. The first kappa shape index (κ1) is 15.6. The number of hydrogen-bond acceptors (Lipinski definition) is 4. The second-order valence-electron chi connectivity index (χ2n) is 6.87. The molecule has 1 unspecified atom stereocenters. The van der Waals surface area contributed by atoms with Gasteiger partial charge in [0.2, 0.25) is 0 Å². The Morgan fingerprint density at radius 2 is 1.95 bits per heavy atom. The molecular formula is C16H27NO3S. The molecule has 120 valence electrons. The minimum absolute atomic E-state index is 0.159. The summed E-state index contributed by atoms with van der Waals surface area (Å²) in [5, 5.41) is 8.91. The number of likely N-dealkylation sites (tertiary alicyclic amines) is 1. The Kier molecular flexibility index (Phi) is 5.12. The molecule has 3 saturated heterocycles. The monoisotopic (exact) mass is 313 g/mol. The summed E-state index contributed by atoms with van der Waals surface area (Å²) in [5.41, 5.74) is 0.159. The zero-order valence-corrected chi connectivity index (χ0v) is 13.6. The Hall–Kier alpha value is -0.260. The van der Waals surface area contributed by atoms with Crippen LogP contribution in [0.3, 0.4) is 0 Å². The van der Waals surface area contributed by atoms with Gasteiger partial charge >= 0.3 is 5.97 Å². The maximum atomic E-state index is 10.8. The highest BCUT2D eigenvalue weighted by molar-refractivity contribution is 7.99. The van der Waals surface area contributed by atoms with Crippen molar-refractivity contribution in [3.05, 3.63) is 0 Å². The first-order valence-corrected chi connectivity index (χ1v) is 9.50. The van der Waals surface area contributed by atoms with Crippen molar-refractivity contribution in [2.75, 3.05) is 31.2 Å². The largest absolute Gasteiger partial charge is 0.481 e. The number of hydrogen-bond donors (Lipinski definition) is 1. The lowest BCUT2D eigenvalue weighted by Crippen LogP contribution is -2.52. The van der Waals surface area contributed by atoms with Crippen molar-refractivity contribution < 1.29 is 14.6 Å². The standard InChI is InChI=1S/C16H27NO3S/c18-15(19)11-13-1-6-17(7-2-13)14-3-8-20-16(12-14)4-9-21-10-5-16/h13-14H,1-12H2,(H,18,19). The van der Waals surface area contributed by atoms with Gasteiger partial charge in [-0.2, -0.15) is 11.8 Å². The van der Waals surface area contributed by atoms with Crippen LogP contribution in [-0.4, -0.2) is 58.8 Å². The van der Waals surface area contributed by atoms with E-state index in [1.807, 2.05) is 0 Å². The van der Waals surface area contributed by atoms with Crippen molar-refractivity contribution in [3.63, 3.8) is 0 Å². The van der Waals surface area contributed by atoms with Crippen molar-refractivity contribution >= 4 is 17.7 Å². The maximum absolute atomic E-state index is 10.8. The van der Waals surface area contributed by atoms with E-state index in [1.165, 1.54) is 30.8 Å². The SMILES string of the molecule is O=C(O)CC1CCN(C2CCOC3(CCSCC3)C2)CC1. The third-order valence-electron chi connectivity index (χ3n) is 5.50. The molecule has 1 atom stereocenters. The van der Waals surface area contributed by atoms with Crippen molar-refractivity contribution in [1.82, 2.24) is 4.90 Å². The number of ether oxygens (including phenoxy) is 1. The van der Waals surface area contributed by atoms with Crippen LogP contribution in [0.15, 0.2) is 0 Å². The molecule has 0 aromatic carbocycles. The van der Waals surface area contributed by atoms with Gasteiger partial charge in [0.25, 0.3) is 0 Å². The van der Waals surface area contributed by atoms with Crippen molar-refractivity contribution in [2.45, 2.75) is 56.6 Å². The van der Waals surface area contributed by atoms with E-state index < -0.39 is 5.97 Å². The normalized spacial score (nSPS) is 31.3. The lowest BCUT2D eigenvalue weighted by atomic mass is 9.83. The van der Waals surface area contributed by atoms with Gasteiger partial charge in [-0.3, -0.25) is 4.79 Å². The van der Waals surface area contributed by atoms with Crippen LogP contribution in [-0.2, 0) is 9.53 Å². The maximum Gasteiger partial charge on any atom is 0.303 e. The zero-order valence-electron chi connectivity index (χ0n) is 12.8. The topological polar surface area (TPSA) is 49.8 Å². The van der Waals surface area contributed by atoms with Crippen LogP contribution in [0.5, 0.6) is 0 Å². The first-order chi connectivity index (χ1) is 10.2. The summed E-state index contributed by atoms with van der Waals surface area (Å²) >= 11 is 2.06. The van der Waals surface area contributed by atoms with Crippen LogP contribution >= 0.6 is 11.8 Å².